The summed E-state index contributed by atoms with van der Waals surface area (Å²) in [5.74, 6) is 5.38. The molecule has 1 aliphatic rings. The van der Waals surface area contributed by atoms with E-state index >= 15 is 0 Å². The first kappa shape index (κ1) is 14.3. The molecule has 0 fully saturated rings. The van der Waals surface area contributed by atoms with Gasteiger partial charge in [-0.05, 0) is 19.2 Å². The third-order valence-corrected chi connectivity index (χ3v) is 2.06. The minimum atomic E-state index is -2.72. The Morgan fingerprint density at radius 1 is 1.06 bits per heavy atom. The Bertz CT molecular complexity index is 405. The molecule has 0 amide bonds. The van der Waals surface area contributed by atoms with Crippen LogP contribution < -0.4 is 0 Å². The monoisotopic (exact) mass is 224 g/mol. The van der Waals surface area contributed by atoms with E-state index in [-0.39, 0.29) is 0 Å². The molecular weight excluding hydrogens is 213 g/mol. The molecule has 5 nitrogen and oxygen atoms in total. The van der Waals surface area contributed by atoms with Crippen LogP contribution >= 0.6 is 0 Å². The molecule has 1 aliphatic heterocycles. The topological polar surface area (TPSA) is 98.4 Å². The second-order valence-electron chi connectivity index (χ2n) is 3.24. The zero-order valence-electron chi connectivity index (χ0n) is 9.54. The van der Waals surface area contributed by atoms with Crippen molar-refractivity contribution in [3.05, 3.63) is 24.4 Å². The number of allylic oxidation sites excluding steroid dienone is 2. The van der Waals surface area contributed by atoms with E-state index in [0.29, 0.717) is 0 Å². The summed E-state index contributed by atoms with van der Waals surface area (Å²) < 4.78 is 0. The van der Waals surface area contributed by atoms with Gasteiger partial charge >= 0.3 is 6.15 Å². The molecule has 6 heteroatoms. The molecule has 0 atom stereocenters. The summed E-state index contributed by atoms with van der Waals surface area (Å²) in [4.78, 5) is 2.25. The molecule has 0 aromatic heterocycles. The minimum Gasteiger partial charge on any atom is -0.374 e. The summed E-state index contributed by atoms with van der Waals surface area (Å²) >= 11 is 0. The predicted molar refractivity (Wildman–Crippen MR) is 63.7 cm³/mol. The molecule has 17 heavy (non-hydrogen) atoms. The van der Waals surface area contributed by atoms with Gasteiger partial charge in [0.15, 0.2) is 0 Å². The van der Waals surface area contributed by atoms with Crippen LogP contribution in [0.3, 0.4) is 0 Å². The van der Waals surface area contributed by atoms with E-state index in [1.54, 1.807) is 0 Å². The zero-order chi connectivity index (χ0) is 13.1. The van der Waals surface area contributed by atoms with Crippen LogP contribution in [0.25, 0.3) is 0 Å². The average Bonchev–Trinajstić information content (AvgIpc) is 2.44. The fourth-order valence-corrected chi connectivity index (χ4v) is 0.915. The molecule has 0 N–H and O–H groups in total. The van der Waals surface area contributed by atoms with Crippen molar-refractivity contribution in [3.63, 3.8) is 0 Å². The summed E-state index contributed by atoms with van der Waals surface area (Å²) in [5, 5.41) is 32.3. The Morgan fingerprint density at radius 2 is 1.59 bits per heavy atom. The van der Waals surface area contributed by atoms with Crippen LogP contribution in [0, 0.1) is 44.9 Å². The Morgan fingerprint density at radius 3 is 1.76 bits per heavy atom. The van der Waals surface area contributed by atoms with Gasteiger partial charge in [-0.2, -0.15) is 0 Å². The molecule has 0 saturated heterocycles. The van der Waals surface area contributed by atoms with E-state index < -0.39 is 6.15 Å². The molecule has 0 spiro atoms. The summed E-state index contributed by atoms with van der Waals surface area (Å²) in [6.45, 7) is 4.34. The number of nitriles is 4. The molecule has 0 aliphatic carbocycles. The lowest BCUT2D eigenvalue weighted by molar-refractivity contribution is 0.436. The van der Waals surface area contributed by atoms with Gasteiger partial charge in [-0.3, -0.25) is 0 Å². The van der Waals surface area contributed by atoms with Crippen LogP contribution in [0.1, 0.15) is 6.92 Å². The maximum absolute atomic E-state index is 8.09. The smallest absolute Gasteiger partial charge is 0.374 e. The zero-order valence-corrected chi connectivity index (χ0v) is 9.54. The highest BCUT2D eigenvalue weighted by Crippen LogP contribution is 1.95. The van der Waals surface area contributed by atoms with E-state index in [1.165, 1.54) is 23.9 Å². The fraction of sp³-hybridized carbons (Fsp3) is 0.273. The Labute approximate surface area is 101 Å². The molecule has 0 unspecified atom stereocenters. The quantitative estimate of drug-likeness (QED) is 0.620. The maximum atomic E-state index is 8.09. The summed E-state index contributed by atoms with van der Waals surface area (Å²) in [6.07, 6.45) is 5.68. The predicted octanol–water partition coefficient (Wildman–Crippen LogP) is 1.08. The van der Waals surface area contributed by atoms with Crippen LogP contribution in [0.15, 0.2) is 24.4 Å². The second kappa shape index (κ2) is 7.58. The van der Waals surface area contributed by atoms with Crippen LogP contribution in [0.4, 0.5) is 0 Å². The lowest BCUT2D eigenvalue weighted by atomic mass is 9.30. The fourth-order valence-electron chi connectivity index (χ4n) is 0.915. The van der Waals surface area contributed by atoms with E-state index in [2.05, 4.69) is 36.3 Å². The summed E-state index contributed by atoms with van der Waals surface area (Å²) in [5.41, 5.74) is 0. The first-order valence-corrected chi connectivity index (χ1v) is 5.06. The molecule has 84 valence electrons. The number of nitrogens with zero attached hydrogens (tertiary/aromatic N) is 5. The highest BCUT2D eigenvalue weighted by atomic mass is 15.1. The third-order valence-electron chi connectivity index (χ3n) is 2.06. The van der Waals surface area contributed by atoms with Gasteiger partial charge in [-0.15, -0.1) is 23.9 Å². The van der Waals surface area contributed by atoms with Gasteiger partial charge in [0, 0.05) is 13.1 Å². The van der Waals surface area contributed by atoms with Gasteiger partial charge in [-0.25, -0.2) is 21.0 Å². The van der Waals surface area contributed by atoms with Gasteiger partial charge in [0.25, 0.3) is 0 Å². The van der Waals surface area contributed by atoms with Gasteiger partial charge in [0.2, 0.25) is 0 Å². The number of hydrogen-bond acceptors (Lipinski definition) is 5. The van der Waals surface area contributed by atoms with Gasteiger partial charge in [-0.1, -0.05) is 12.2 Å². The molecular formula is C11H11BN5-. The van der Waals surface area contributed by atoms with Crippen LogP contribution in [0.5, 0.6) is 0 Å². The standard InChI is InChI=1S/C7H11N.C4BN4/c1-2-8-6-4-3-5-7-8;6-1-5(2-7,3-8)4-9/h3-6H,2,7H2,1H3;/q;-1. The van der Waals surface area contributed by atoms with Crippen molar-refractivity contribution in [1.29, 1.82) is 21.0 Å². The van der Waals surface area contributed by atoms with Crippen molar-refractivity contribution in [2.24, 2.45) is 0 Å². The number of hydrogen-bond donors (Lipinski definition) is 0. The molecule has 0 radical (unpaired) electrons. The summed E-state index contributed by atoms with van der Waals surface area (Å²) in [6, 6.07) is 0. The molecule has 0 aromatic rings. The third kappa shape index (κ3) is 4.56. The highest BCUT2D eigenvalue weighted by molar-refractivity contribution is 7.05. The van der Waals surface area contributed by atoms with Crippen molar-refractivity contribution >= 4 is 6.15 Å². The number of rotatable bonds is 1. The van der Waals surface area contributed by atoms with Crippen LogP contribution in [-0.2, 0) is 0 Å². The van der Waals surface area contributed by atoms with E-state index in [1.807, 2.05) is 0 Å². The van der Waals surface area contributed by atoms with Crippen LogP contribution in [-0.4, -0.2) is 24.1 Å². The van der Waals surface area contributed by atoms with Gasteiger partial charge in [0.05, 0.1) is 0 Å². The highest BCUT2D eigenvalue weighted by Gasteiger charge is 2.22. The van der Waals surface area contributed by atoms with Crippen molar-refractivity contribution in [3.8, 4) is 23.9 Å². The Hall–Kier alpha value is -2.70. The van der Waals surface area contributed by atoms with Crippen molar-refractivity contribution in [2.45, 2.75) is 6.92 Å². The Kier molecular flexibility index (Phi) is 6.38. The number of likely N-dealkylation sites (N-methyl/N-ethyl adjacent to an activating group) is 1. The SMILES string of the molecule is CCN1C=CC=CC1.N#C[B-](C#N)(C#N)C#N. The first-order chi connectivity index (χ1) is 8.17. The van der Waals surface area contributed by atoms with Gasteiger partial charge < -0.3 is 4.90 Å². The first-order valence-electron chi connectivity index (χ1n) is 5.06. The molecule has 0 aromatic carbocycles. The maximum Gasteiger partial charge on any atom is 0.383 e. The average molecular weight is 224 g/mol. The van der Waals surface area contributed by atoms with Crippen molar-refractivity contribution < 1.29 is 0 Å². The second-order valence-corrected chi connectivity index (χ2v) is 3.24. The van der Waals surface area contributed by atoms with Crippen molar-refractivity contribution in [1.82, 2.24) is 4.90 Å². The normalized spacial score (nSPS) is 12.2. The van der Waals surface area contributed by atoms with Crippen molar-refractivity contribution in [2.75, 3.05) is 13.1 Å². The Balaban J connectivity index is 0.000000302. The molecule has 1 rings (SSSR count). The molecule has 0 bridgehead atoms. The van der Waals surface area contributed by atoms with Gasteiger partial charge in [0.1, 0.15) is 0 Å². The van der Waals surface area contributed by atoms with Crippen LogP contribution in [0.2, 0.25) is 0 Å². The molecule has 1 heterocycles. The largest absolute Gasteiger partial charge is 0.383 e. The van der Waals surface area contributed by atoms with E-state index in [4.69, 9.17) is 21.0 Å². The lowest BCUT2D eigenvalue weighted by Crippen LogP contribution is -2.26. The summed E-state index contributed by atoms with van der Waals surface area (Å²) in [7, 11) is 0. The lowest BCUT2D eigenvalue weighted by Gasteiger charge is -2.16. The minimum absolute atomic E-state index is 1.08. The van der Waals surface area contributed by atoms with E-state index in [9.17, 15) is 0 Å². The molecule has 0 saturated carbocycles. The van der Waals surface area contributed by atoms with E-state index in [0.717, 1.165) is 13.1 Å².